The lowest BCUT2D eigenvalue weighted by molar-refractivity contribution is -0.187. The molecule has 0 aliphatic carbocycles. The zero-order valence-electron chi connectivity index (χ0n) is 8.47. The highest BCUT2D eigenvalue weighted by molar-refractivity contribution is 6.17. The molecule has 1 aromatic rings. The summed E-state index contributed by atoms with van der Waals surface area (Å²) in [5.41, 5.74) is 0.576. The average Bonchev–Trinajstić information content (AvgIpc) is 2.28. The monoisotopic (exact) mass is 254 g/mol. The Labute approximate surface area is 95.9 Å². The zero-order chi connectivity index (χ0) is 12.2. The molecule has 0 heterocycles. The van der Waals surface area contributed by atoms with Crippen molar-refractivity contribution in [2.75, 3.05) is 13.8 Å². The van der Waals surface area contributed by atoms with Gasteiger partial charge in [0.15, 0.2) is 18.2 Å². The van der Waals surface area contributed by atoms with E-state index in [-0.39, 0.29) is 17.4 Å². The van der Waals surface area contributed by atoms with Crippen LogP contribution in [0.3, 0.4) is 0 Å². The lowest BCUT2D eigenvalue weighted by Crippen LogP contribution is -2.27. The summed E-state index contributed by atoms with van der Waals surface area (Å²) in [6.45, 7) is -1.90. The highest BCUT2D eigenvalue weighted by Gasteiger charge is 2.32. The van der Waals surface area contributed by atoms with Crippen LogP contribution in [0.4, 0.5) is 13.2 Å². The van der Waals surface area contributed by atoms with Gasteiger partial charge in [-0.05, 0) is 17.7 Å². The molecule has 0 bridgehead atoms. The summed E-state index contributed by atoms with van der Waals surface area (Å²) in [5, 5.41) is 0. The third kappa shape index (κ3) is 3.20. The van der Waals surface area contributed by atoms with Gasteiger partial charge in [0.05, 0.1) is 7.11 Å². The van der Waals surface area contributed by atoms with E-state index >= 15 is 0 Å². The third-order valence-corrected chi connectivity index (χ3v) is 2.11. The number of halogens is 4. The molecule has 0 saturated carbocycles. The second-order valence-electron chi connectivity index (χ2n) is 2.99. The van der Waals surface area contributed by atoms with Gasteiger partial charge in [0.25, 0.3) is 0 Å². The molecule has 0 spiro atoms. The van der Waals surface area contributed by atoms with E-state index in [0.29, 0.717) is 5.56 Å². The van der Waals surface area contributed by atoms with Gasteiger partial charge in [-0.25, -0.2) is 4.39 Å². The third-order valence-electron chi connectivity index (χ3n) is 1.80. The van der Waals surface area contributed by atoms with Gasteiger partial charge >= 0.3 is 6.11 Å². The Hall–Kier alpha value is -1.10. The summed E-state index contributed by atoms with van der Waals surface area (Å²) >= 11 is 5.54. The van der Waals surface area contributed by atoms with Crippen LogP contribution < -0.4 is 9.47 Å². The van der Waals surface area contributed by atoms with Crippen molar-refractivity contribution < 1.29 is 22.6 Å². The van der Waals surface area contributed by atoms with Gasteiger partial charge in [0.1, 0.15) is 0 Å². The summed E-state index contributed by atoms with van der Waals surface area (Å²) in [4.78, 5) is 0. The van der Waals surface area contributed by atoms with Crippen molar-refractivity contribution in [3.8, 4) is 11.5 Å². The predicted molar refractivity (Wildman–Crippen MR) is 54.1 cm³/mol. The molecular formula is C10H10ClF3O2. The summed E-state index contributed by atoms with van der Waals surface area (Å²) in [5.74, 6) is 0.00644. The van der Waals surface area contributed by atoms with Gasteiger partial charge in [-0.2, -0.15) is 8.78 Å². The quantitative estimate of drug-likeness (QED) is 0.750. The first-order valence-corrected chi connectivity index (χ1v) is 4.91. The molecule has 0 aliphatic rings. The van der Waals surface area contributed by atoms with Gasteiger partial charge in [-0.3, -0.25) is 0 Å². The minimum absolute atomic E-state index is 0.0991. The Morgan fingerprint density at radius 3 is 2.50 bits per heavy atom. The highest BCUT2D eigenvalue weighted by Crippen LogP contribution is 2.32. The van der Waals surface area contributed by atoms with E-state index < -0.39 is 12.8 Å². The summed E-state index contributed by atoms with van der Waals surface area (Å²) < 4.78 is 46.4. The van der Waals surface area contributed by atoms with Gasteiger partial charge < -0.3 is 9.47 Å². The number of benzene rings is 1. The lowest BCUT2D eigenvalue weighted by atomic mass is 10.2. The van der Waals surface area contributed by atoms with E-state index in [9.17, 15) is 13.2 Å². The number of methoxy groups -OCH3 is 1. The van der Waals surface area contributed by atoms with Crippen molar-refractivity contribution >= 4 is 11.6 Å². The van der Waals surface area contributed by atoms with Gasteiger partial charge in [0.2, 0.25) is 0 Å². The average molecular weight is 255 g/mol. The van der Waals surface area contributed by atoms with Crippen molar-refractivity contribution in [2.24, 2.45) is 0 Å². The Morgan fingerprint density at radius 2 is 2.00 bits per heavy atom. The van der Waals surface area contributed by atoms with Crippen molar-refractivity contribution in [3.05, 3.63) is 23.8 Å². The largest absolute Gasteiger partial charge is 0.493 e. The second-order valence-corrected chi connectivity index (χ2v) is 3.26. The molecule has 0 aromatic heterocycles. The van der Waals surface area contributed by atoms with E-state index in [1.165, 1.54) is 19.2 Å². The Balaban J connectivity index is 3.00. The van der Waals surface area contributed by atoms with Gasteiger partial charge in [-0.15, -0.1) is 11.6 Å². The maximum Gasteiger partial charge on any atom is 0.427 e. The van der Waals surface area contributed by atoms with E-state index in [4.69, 9.17) is 16.3 Å². The van der Waals surface area contributed by atoms with Crippen LogP contribution in [0, 0.1) is 0 Å². The predicted octanol–water partition coefficient (Wildman–Crippen LogP) is 3.38. The molecule has 6 heteroatoms. The van der Waals surface area contributed by atoms with E-state index in [1.54, 1.807) is 6.07 Å². The highest BCUT2D eigenvalue weighted by atomic mass is 35.5. The molecule has 90 valence electrons. The summed E-state index contributed by atoms with van der Waals surface area (Å²) in [6.07, 6.45) is -3.86. The van der Waals surface area contributed by atoms with Crippen molar-refractivity contribution in [1.82, 2.24) is 0 Å². The Kier molecular flexibility index (Phi) is 4.29. The van der Waals surface area contributed by atoms with Crippen LogP contribution in [0.2, 0.25) is 0 Å². The molecule has 0 unspecified atom stereocenters. The number of hydrogen-bond acceptors (Lipinski definition) is 2. The van der Waals surface area contributed by atoms with Crippen LogP contribution in [0.5, 0.6) is 11.5 Å². The van der Waals surface area contributed by atoms with Gasteiger partial charge in [0, 0.05) is 5.88 Å². The number of rotatable bonds is 5. The van der Waals surface area contributed by atoms with Crippen molar-refractivity contribution in [3.63, 3.8) is 0 Å². The van der Waals surface area contributed by atoms with E-state index in [2.05, 4.69) is 4.74 Å². The summed E-state index contributed by atoms with van der Waals surface area (Å²) in [6, 6.07) is 4.32. The topological polar surface area (TPSA) is 18.5 Å². The molecule has 2 nitrogen and oxygen atoms in total. The maximum atomic E-state index is 12.7. The van der Waals surface area contributed by atoms with Gasteiger partial charge in [-0.1, -0.05) is 6.07 Å². The van der Waals surface area contributed by atoms with E-state index in [0.717, 1.165) is 0 Å². The molecule has 1 rings (SSSR count). The van der Waals surface area contributed by atoms with E-state index in [1.807, 2.05) is 0 Å². The fourth-order valence-corrected chi connectivity index (χ4v) is 1.24. The molecular weight excluding hydrogens is 245 g/mol. The minimum atomic E-state index is -3.86. The molecule has 0 aliphatic heterocycles. The molecule has 0 amide bonds. The molecule has 0 atom stereocenters. The summed E-state index contributed by atoms with van der Waals surface area (Å²) in [7, 11) is 1.30. The SMILES string of the molecule is COc1ccc(CCl)cc1OC(F)(F)CF. The van der Waals surface area contributed by atoms with Crippen LogP contribution in [-0.4, -0.2) is 19.9 Å². The van der Waals surface area contributed by atoms with Crippen LogP contribution in [0.15, 0.2) is 18.2 Å². The number of alkyl halides is 4. The van der Waals surface area contributed by atoms with Crippen LogP contribution in [0.25, 0.3) is 0 Å². The molecule has 0 saturated heterocycles. The normalized spacial score (nSPS) is 11.3. The molecule has 16 heavy (non-hydrogen) atoms. The second kappa shape index (κ2) is 5.30. The number of ether oxygens (including phenoxy) is 2. The molecule has 0 N–H and O–H groups in total. The first kappa shape index (κ1) is 13.0. The van der Waals surface area contributed by atoms with Crippen LogP contribution >= 0.6 is 11.6 Å². The zero-order valence-corrected chi connectivity index (χ0v) is 9.23. The van der Waals surface area contributed by atoms with Crippen LogP contribution in [0.1, 0.15) is 5.56 Å². The smallest absolute Gasteiger partial charge is 0.427 e. The van der Waals surface area contributed by atoms with Crippen molar-refractivity contribution in [2.45, 2.75) is 12.0 Å². The van der Waals surface area contributed by atoms with Crippen molar-refractivity contribution in [1.29, 1.82) is 0 Å². The lowest BCUT2D eigenvalue weighted by Gasteiger charge is -2.17. The molecule has 0 fully saturated rings. The first-order valence-electron chi connectivity index (χ1n) is 4.38. The molecule has 1 aromatic carbocycles. The standard InChI is InChI=1S/C10H10ClF3O2/c1-15-8-3-2-7(5-11)4-9(8)16-10(13,14)6-12/h2-4H,5-6H2,1H3. The Morgan fingerprint density at radius 1 is 1.31 bits per heavy atom. The fourth-order valence-electron chi connectivity index (χ4n) is 1.07. The Bertz CT molecular complexity index is 358. The fraction of sp³-hybridized carbons (Fsp3) is 0.400. The molecule has 0 radical (unpaired) electrons. The maximum absolute atomic E-state index is 12.7. The number of hydrogen-bond donors (Lipinski definition) is 0. The minimum Gasteiger partial charge on any atom is -0.493 e. The van der Waals surface area contributed by atoms with Crippen LogP contribution in [-0.2, 0) is 5.88 Å². The first-order chi connectivity index (χ1) is 7.52.